The van der Waals surface area contributed by atoms with Crippen LogP contribution in [0.25, 0.3) is 0 Å². The summed E-state index contributed by atoms with van der Waals surface area (Å²) in [6, 6.07) is 2.09. The summed E-state index contributed by atoms with van der Waals surface area (Å²) in [5.41, 5.74) is 1.37. The van der Waals surface area contributed by atoms with Crippen LogP contribution in [0.2, 0.25) is 0 Å². The van der Waals surface area contributed by atoms with Crippen molar-refractivity contribution >= 4 is 41.7 Å². The molecular formula is C21H38IN5OS. The SMILES string of the molecule is CCC(CC)c1cc(CNC(=NC)NCC2(N3CCSCC3)CCCC2)on1.I. The highest BCUT2D eigenvalue weighted by atomic mass is 127. The third kappa shape index (κ3) is 6.50. The van der Waals surface area contributed by atoms with Gasteiger partial charge in [-0.25, -0.2) is 0 Å². The maximum atomic E-state index is 5.53. The predicted octanol–water partition coefficient (Wildman–Crippen LogP) is 4.22. The van der Waals surface area contributed by atoms with E-state index in [0.717, 1.165) is 36.8 Å². The van der Waals surface area contributed by atoms with E-state index in [-0.39, 0.29) is 24.0 Å². The second-order valence-electron chi connectivity index (χ2n) is 8.04. The van der Waals surface area contributed by atoms with Crippen molar-refractivity contribution in [3.63, 3.8) is 0 Å². The average molecular weight is 536 g/mol. The quantitative estimate of drug-likeness (QED) is 0.295. The Morgan fingerprint density at radius 3 is 2.55 bits per heavy atom. The van der Waals surface area contributed by atoms with Crippen molar-refractivity contribution in [1.82, 2.24) is 20.7 Å². The first kappa shape index (κ1) is 24.8. The molecule has 3 rings (SSSR count). The highest BCUT2D eigenvalue weighted by Gasteiger charge is 2.39. The zero-order valence-electron chi connectivity index (χ0n) is 18.2. The minimum atomic E-state index is 0. The number of nitrogens with zero attached hydrogens (tertiary/aromatic N) is 3. The molecule has 6 nitrogen and oxygen atoms in total. The minimum Gasteiger partial charge on any atom is -0.359 e. The molecule has 2 fully saturated rings. The Bertz CT molecular complexity index is 622. The van der Waals surface area contributed by atoms with Crippen LogP contribution in [0.3, 0.4) is 0 Å². The van der Waals surface area contributed by atoms with E-state index in [1.54, 1.807) is 0 Å². The van der Waals surface area contributed by atoms with Crippen LogP contribution in [0.5, 0.6) is 0 Å². The molecule has 166 valence electrons. The van der Waals surface area contributed by atoms with E-state index in [0.29, 0.717) is 18.0 Å². The first-order chi connectivity index (χ1) is 13.7. The second-order valence-corrected chi connectivity index (χ2v) is 9.27. The number of halogens is 1. The lowest BCUT2D eigenvalue weighted by atomic mass is 9.94. The predicted molar refractivity (Wildman–Crippen MR) is 134 cm³/mol. The summed E-state index contributed by atoms with van der Waals surface area (Å²) in [5, 5.41) is 11.3. The summed E-state index contributed by atoms with van der Waals surface area (Å²) in [5.74, 6) is 4.73. The first-order valence-electron chi connectivity index (χ1n) is 10.9. The molecule has 0 spiro atoms. The van der Waals surface area contributed by atoms with Crippen molar-refractivity contribution in [2.75, 3.05) is 38.2 Å². The molecule has 2 aliphatic rings. The smallest absolute Gasteiger partial charge is 0.191 e. The summed E-state index contributed by atoms with van der Waals surface area (Å²) < 4.78 is 5.53. The number of hydrogen-bond donors (Lipinski definition) is 2. The summed E-state index contributed by atoms with van der Waals surface area (Å²) in [4.78, 5) is 7.16. The fraction of sp³-hybridized carbons (Fsp3) is 0.810. The second kappa shape index (κ2) is 12.4. The van der Waals surface area contributed by atoms with E-state index < -0.39 is 0 Å². The van der Waals surface area contributed by atoms with Crippen LogP contribution in [0.4, 0.5) is 0 Å². The summed E-state index contributed by atoms with van der Waals surface area (Å²) in [6.07, 6.45) is 7.46. The van der Waals surface area contributed by atoms with Gasteiger partial charge in [0, 0.05) is 55.7 Å². The van der Waals surface area contributed by atoms with Crippen LogP contribution in [0, 0.1) is 0 Å². The maximum Gasteiger partial charge on any atom is 0.191 e. The molecule has 0 radical (unpaired) electrons. The molecule has 1 aliphatic carbocycles. The standard InChI is InChI=1S/C21H37N5OS.HI/c1-4-17(5-2)19-14-18(27-25-19)15-23-20(22-3)24-16-21(8-6-7-9-21)26-10-12-28-13-11-26;/h14,17H,4-13,15-16H2,1-3H3,(H2,22,23,24);1H. The molecule has 1 aromatic heterocycles. The van der Waals surface area contributed by atoms with E-state index in [1.165, 1.54) is 50.3 Å². The molecule has 2 N–H and O–H groups in total. The maximum absolute atomic E-state index is 5.53. The zero-order chi connectivity index (χ0) is 19.8. The van der Waals surface area contributed by atoms with Gasteiger partial charge in [-0.15, -0.1) is 24.0 Å². The van der Waals surface area contributed by atoms with Crippen LogP contribution >= 0.6 is 35.7 Å². The van der Waals surface area contributed by atoms with E-state index >= 15 is 0 Å². The van der Waals surface area contributed by atoms with Gasteiger partial charge in [0.1, 0.15) is 0 Å². The third-order valence-electron chi connectivity index (χ3n) is 6.44. The molecule has 29 heavy (non-hydrogen) atoms. The van der Waals surface area contributed by atoms with Crippen LogP contribution in [-0.4, -0.2) is 59.7 Å². The number of thioether (sulfide) groups is 1. The van der Waals surface area contributed by atoms with Crippen LogP contribution < -0.4 is 10.6 Å². The van der Waals surface area contributed by atoms with Gasteiger partial charge in [-0.3, -0.25) is 9.89 Å². The van der Waals surface area contributed by atoms with Gasteiger partial charge in [0.05, 0.1) is 12.2 Å². The minimum absolute atomic E-state index is 0. The van der Waals surface area contributed by atoms with E-state index in [2.05, 4.69) is 57.4 Å². The van der Waals surface area contributed by atoms with Crippen molar-refractivity contribution in [3.8, 4) is 0 Å². The third-order valence-corrected chi connectivity index (χ3v) is 7.38. The van der Waals surface area contributed by atoms with Gasteiger partial charge in [-0.05, 0) is 25.7 Å². The first-order valence-corrected chi connectivity index (χ1v) is 12.1. The lowest BCUT2D eigenvalue weighted by molar-refractivity contribution is 0.107. The van der Waals surface area contributed by atoms with Gasteiger partial charge in [0.15, 0.2) is 11.7 Å². The van der Waals surface area contributed by atoms with Crippen molar-refractivity contribution < 1.29 is 4.52 Å². The number of nitrogens with one attached hydrogen (secondary N) is 2. The molecule has 0 atom stereocenters. The lowest BCUT2D eigenvalue weighted by Gasteiger charge is -2.43. The Hall–Kier alpha value is -0.480. The fourth-order valence-corrected chi connectivity index (χ4v) is 5.53. The number of aliphatic imine (C=N–C) groups is 1. The Morgan fingerprint density at radius 2 is 1.93 bits per heavy atom. The highest BCUT2D eigenvalue weighted by Crippen LogP contribution is 2.36. The van der Waals surface area contributed by atoms with Gasteiger partial charge in [0.2, 0.25) is 0 Å². The Morgan fingerprint density at radius 1 is 1.24 bits per heavy atom. The Kier molecular flexibility index (Phi) is 10.6. The fourth-order valence-electron chi connectivity index (χ4n) is 4.63. The molecule has 1 aromatic rings. The molecule has 2 heterocycles. The summed E-state index contributed by atoms with van der Waals surface area (Å²) in [6.45, 7) is 8.41. The molecule has 0 bridgehead atoms. The molecule has 8 heteroatoms. The van der Waals surface area contributed by atoms with E-state index in [4.69, 9.17) is 4.52 Å². The molecule has 0 aromatic carbocycles. The van der Waals surface area contributed by atoms with Crippen LogP contribution in [-0.2, 0) is 6.54 Å². The van der Waals surface area contributed by atoms with E-state index in [1.807, 2.05) is 7.05 Å². The number of guanidine groups is 1. The van der Waals surface area contributed by atoms with Crippen molar-refractivity contribution in [3.05, 3.63) is 17.5 Å². The molecule has 1 saturated heterocycles. The van der Waals surface area contributed by atoms with Crippen LogP contribution in [0.1, 0.15) is 69.7 Å². The van der Waals surface area contributed by atoms with Gasteiger partial charge in [-0.1, -0.05) is 31.8 Å². The molecular weight excluding hydrogens is 497 g/mol. The highest BCUT2D eigenvalue weighted by molar-refractivity contribution is 14.0. The normalized spacial score (nSPS) is 19.9. The molecule has 0 amide bonds. The monoisotopic (exact) mass is 535 g/mol. The number of hydrogen-bond acceptors (Lipinski definition) is 5. The van der Waals surface area contributed by atoms with Crippen molar-refractivity contribution in [1.29, 1.82) is 0 Å². The summed E-state index contributed by atoms with van der Waals surface area (Å²) >= 11 is 2.08. The Balaban J connectivity index is 0.00000300. The average Bonchev–Trinajstić information content (AvgIpc) is 3.41. The van der Waals surface area contributed by atoms with Crippen molar-refractivity contribution in [2.24, 2.45) is 4.99 Å². The van der Waals surface area contributed by atoms with Gasteiger partial charge in [-0.2, -0.15) is 11.8 Å². The number of aromatic nitrogens is 1. The molecule has 1 aliphatic heterocycles. The topological polar surface area (TPSA) is 65.7 Å². The Labute approximate surface area is 197 Å². The number of rotatable bonds is 8. The zero-order valence-corrected chi connectivity index (χ0v) is 21.4. The summed E-state index contributed by atoms with van der Waals surface area (Å²) in [7, 11) is 1.84. The van der Waals surface area contributed by atoms with Crippen LogP contribution in [0.15, 0.2) is 15.6 Å². The largest absolute Gasteiger partial charge is 0.359 e. The lowest BCUT2D eigenvalue weighted by Crippen LogP contribution is -2.57. The van der Waals surface area contributed by atoms with Gasteiger partial charge in [0.25, 0.3) is 0 Å². The van der Waals surface area contributed by atoms with E-state index in [9.17, 15) is 0 Å². The van der Waals surface area contributed by atoms with Crippen molar-refractivity contribution in [2.45, 2.75) is 70.4 Å². The van der Waals surface area contributed by atoms with Gasteiger partial charge < -0.3 is 15.2 Å². The van der Waals surface area contributed by atoms with Gasteiger partial charge >= 0.3 is 0 Å². The molecule has 1 saturated carbocycles. The molecule has 0 unspecified atom stereocenters.